The second-order valence-electron chi connectivity index (χ2n) is 15.5. The summed E-state index contributed by atoms with van der Waals surface area (Å²) in [6, 6.07) is 63.7. The topological polar surface area (TPSA) is 30.7 Å². The van der Waals surface area contributed by atoms with Crippen LogP contribution in [0.15, 0.2) is 188 Å². The van der Waals surface area contributed by atoms with E-state index in [0.717, 1.165) is 22.2 Å². The summed E-state index contributed by atoms with van der Waals surface area (Å²) in [5.74, 6) is 0.656. The van der Waals surface area contributed by atoms with Crippen LogP contribution in [0, 0.1) is 0 Å². The van der Waals surface area contributed by atoms with Gasteiger partial charge in [0.1, 0.15) is 0 Å². The van der Waals surface area contributed by atoms with Crippen LogP contribution in [-0.2, 0) is 5.41 Å². The van der Waals surface area contributed by atoms with Crippen LogP contribution in [-0.4, -0.2) is 14.5 Å². The molecule has 8 aromatic carbocycles. The van der Waals surface area contributed by atoms with Gasteiger partial charge in [-0.05, 0) is 102 Å². The van der Waals surface area contributed by atoms with Gasteiger partial charge in [0, 0.05) is 34.1 Å². The summed E-state index contributed by atoms with van der Waals surface area (Å²) < 4.78 is 2.22. The second kappa shape index (κ2) is 12.5. The summed E-state index contributed by atoms with van der Waals surface area (Å²) in [5.41, 5.74) is 16.9. The van der Waals surface area contributed by atoms with Gasteiger partial charge in [-0.3, -0.25) is 4.57 Å². The van der Waals surface area contributed by atoms with Gasteiger partial charge in [0.15, 0.2) is 0 Å². The molecule has 1 aliphatic rings. The molecular weight excluding hydrogens is 679 g/mol. The molecular formula is C53H37N3. The lowest BCUT2D eigenvalue weighted by atomic mass is 9.81. The minimum Gasteiger partial charge on any atom is -0.278 e. The van der Waals surface area contributed by atoms with E-state index < -0.39 is 0 Å². The largest absolute Gasteiger partial charge is 0.278 e. The predicted molar refractivity (Wildman–Crippen MR) is 233 cm³/mol. The first kappa shape index (κ1) is 32.3. The normalized spacial score (nSPS) is 13.0. The zero-order chi connectivity index (χ0) is 37.4. The molecule has 2 heterocycles. The Labute approximate surface area is 326 Å². The SMILES string of the molecule is CC1(C)c2ccccc2-c2ccc(-c3ccc4c(c3)c3c5ccccc5ccc3n4-c3ncc(-c4ccc(-c5cccc(-c6ccccc6)c5)cc4)cn3)cc21. The molecule has 0 saturated heterocycles. The lowest BCUT2D eigenvalue weighted by Gasteiger charge is -2.22. The molecule has 3 heteroatoms. The van der Waals surface area contributed by atoms with Crippen LogP contribution in [0.3, 0.4) is 0 Å². The third-order valence-electron chi connectivity index (χ3n) is 11.9. The molecule has 0 aliphatic heterocycles. The van der Waals surface area contributed by atoms with Crippen LogP contribution in [0.1, 0.15) is 25.0 Å². The van der Waals surface area contributed by atoms with Crippen molar-refractivity contribution in [1.29, 1.82) is 0 Å². The van der Waals surface area contributed by atoms with Crippen molar-refractivity contribution in [3.05, 3.63) is 199 Å². The van der Waals surface area contributed by atoms with Crippen molar-refractivity contribution in [3.8, 4) is 61.6 Å². The predicted octanol–water partition coefficient (Wildman–Crippen LogP) is 13.7. The molecule has 0 amide bonds. The average Bonchev–Trinajstić information content (AvgIpc) is 3.72. The Hall–Kier alpha value is -7.10. The summed E-state index contributed by atoms with van der Waals surface area (Å²) in [6.07, 6.45) is 3.90. The lowest BCUT2D eigenvalue weighted by Crippen LogP contribution is -2.14. The van der Waals surface area contributed by atoms with Crippen molar-refractivity contribution in [3.63, 3.8) is 0 Å². The van der Waals surface area contributed by atoms with Gasteiger partial charge in [0.25, 0.3) is 0 Å². The number of fused-ring (bicyclic) bond motifs is 8. The van der Waals surface area contributed by atoms with E-state index >= 15 is 0 Å². The maximum absolute atomic E-state index is 5.01. The number of rotatable bonds is 5. The Morgan fingerprint density at radius 2 is 0.964 bits per heavy atom. The Balaban J connectivity index is 0.977. The maximum Gasteiger partial charge on any atom is 0.234 e. The fourth-order valence-electron chi connectivity index (χ4n) is 9.02. The average molecular weight is 716 g/mol. The summed E-state index contributed by atoms with van der Waals surface area (Å²) in [4.78, 5) is 10.0. The summed E-state index contributed by atoms with van der Waals surface area (Å²) in [6.45, 7) is 4.69. The van der Waals surface area contributed by atoms with Crippen LogP contribution < -0.4 is 0 Å². The molecule has 0 radical (unpaired) electrons. The fourth-order valence-corrected chi connectivity index (χ4v) is 9.02. The van der Waals surface area contributed by atoms with E-state index in [1.54, 1.807) is 0 Å². The Kier molecular flexibility index (Phi) is 7.20. The first-order chi connectivity index (χ1) is 27.5. The number of hydrogen-bond acceptors (Lipinski definition) is 2. The molecule has 11 rings (SSSR count). The van der Waals surface area contributed by atoms with E-state index in [0.29, 0.717) is 5.95 Å². The molecule has 264 valence electrons. The third-order valence-corrected chi connectivity index (χ3v) is 11.9. The highest BCUT2D eigenvalue weighted by atomic mass is 15.1. The first-order valence-corrected chi connectivity index (χ1v) is 19.3. The van der Waals surface area contributed by atoms with Gasteiger partial charge in [-0.15, -0.1) is 0 Å². The van der Waals surface area contributed by atoms with E-state index in [9.17, 15) is 0 Å². The zero-order valence-electron chi connectivity index (χ0n) is 31.2. The van der Waals surface area contributed by atoms with E-state index in [1.807, 2.05) is 12.4 Å². The van der Waals surface area contributed by atoms with Crippen molar-refractivity contribution < 1.29 is 0 Å². The van der Waals surface area contributed by atoms with Gasteiger partial charge in [0.2, 0.25) is 5.95 Å². The van der Waals surface area contributed by atoms with Gasteiger partial charge < -0.3 is 0 Å². The highest BCUT2D eigenvalue weighted by molar-refractivity contribution is 6.21. The molecule has 2 aromatic heterocycles. The van der Waals surface area contributed by atoms with Gasteiger partial charge in [-0.2, -0.15) is 0 Å². The molecule has 0 fully saturated rings. The van der Waals surface area contributed by atoms with Crippen LogP contribution in [0.2, 0.25) is 0 Å². The van der Waals surface area contributed by atoms with Gasteiger partial charge >= 0.3 is 0 Å². The van der Waals surface area contributed by atoms with Crippen LogP contribution in [0.4, 0.5) is 0 Å². The molecule has 10 aromatic rings. The van der Waals surface area contributed by atoms with Crippen LogP contribution in [0.5, 0.6) is 0 Å². The first-order valence-electron chi connectivity index (χ1n) is 19.3. The van der Waals surface area contributed by atoms with Crippen molar-refractivity contribution in [2.24, 2.45) is 0 Å². The fraction of sp³-hybridized carbons (Fsp3) is 0.0566. The third kappa shape index (κ3) is 5.05. The monoisotopic (exact) mass is 715 g/mol. The molecule has 1 aliphatic carbocycles. The molecule has 56 heavy (non-hydrogen) atoms. The minimum atomic E-state index is -0.0572. The smallest absolute Gasteiger partial charge is 0.234 e. The Morgan fingerprint density at radius 1 is 0.393 bits per heavy atom. The molecule has 0 N–H and O–H groups in total. The van der Waals surface area contributed by atoms with Crippen LogP contribution >= 0.6 is 0 Å². The minimum absolute atomic E-state index is 0.0572. The number of hydrogen-bond donors (Lipinski definition) is 0. The quantitative estimate of drug-likeness (QED) is 0.178. The lowest BCUT2D eigenvalue weighted by molar-refractivity contribution is 0.660. The number of nitrogens with zero attached hydrogens (tertiary/aromatic N) is 3. The molecule has 0 spiro atoms. The summed E-state index contributed by atoms with van der Waals surface area (Å²) >= 11 is 0. The van der Waals surface area contributed by atoms with Gasteiger partial charge in [-0.25, -0.2) is 9.97 Å². The Bertz CT molecular complexity index is 3130. The van der Waals surface area contributed by atoms with Crippen LogP contribution in [0.25, 0.3) is 94.2 Å². The van der Waals surface area contributed by atoms with E-state index in [4.69, 9.17) is 9.97 Å². The standard InChI is InChI=1S/C53H37N3/c1-53(2)47-18-9-8-17-44(47)45-26-23-41(31-48(45)53)40-25-27-49-46(30-40)51-43-16-7-6-13-37(43)24-28-50(51)56(49)52-54-32-42(33-55-52)36-21-19-35(20-22-36)39-15-10-14-38(29-39)34-11-4-3-5-12-34/h3-33H,1-2H3. The molecule has 3 nitrogen and oxygen atoms in total. The number of aromatic nitrogens is 3. The molecule has 0 unspecified atom stereocenters. The van der Waals surface area contributed by atoms with E-state index in [1.165, 1.54) is 77.2 Å². The van der Waals surface area contributed by atoms with Gasteiger partial charge in [-0.1, -0.05) is 159 Å². The highest BCUT2D eigenvalue weighted by Crippen LogP contribution is 2.50. The van der Waals surface area contributed by atoms with Crippen molar-refractivity contribution in [2.45, 2.75) is 19.3 Å². The second-order valence-corrected chi connectivity index (χ2v) is 15.5. The molecule has 0 atom stereocenters. The van der Waals surface area contributed by atoms with Gasteiger partial charge in [0.05, 0.1) is 11.0 Å². The Morgan fingerprint density at radius 3 is 1.77 bits per heavy atom. The molecule has 0 bridgehead atoms. The van der Waals surface area contributed by atoms with E-state index in [-0.39, 0.29) is 5.41 Å². The van der Waals surface area contributed by atoms with Crippen molar-refractivity contribution in [1.82, 2.24) is 14.5 Å². The highest BCUT2D eigenvalue weighted by Gasteiger charge is 2.35. The zero-order valence-corrected chi connectivity index (χ0v) is 31.2. The maximum atomic E-state index is 5.01. The van der Waals surface area contributed by atoms with Crippen molar-refractivity contribution in [2.75, 3.05) is 0 Å². The number of benzene rings is 8. The summed E-state index contributed by atoms with van der Waals surface area (Å²) in [5, 5.41) is 4.85. The van der Waals surface area contributed by atoms with Crippen molar-refractivity contribution >= 4 is 32.6 Å². The summed E-state index contributed by atoms with van der Waals surface area (Å²) in [7, 11) is 0. The van der Waals surface area contributed by atoms with E-state index in [2.05, 4.69) is 194 Å². The molecule has 0 saturated carbocycles.